The van der Waals surface area contributed by atoms with E-state index in [0.29, 0.717) is 0 Å². The normalized spacial score (nSPS) is 15.2. The molecule has 19 heavy (non-hydrogen) atoms. The van der Waals surface area contributed by atoms with Gasteiger partial charge in [0.2, 0.25) is 0 Å². The van der Waals surface area contributed by atoms with E-state index in [-0.39, 0.29) is 12.3 Å². The Balaban J connectivity index is 1.70. The summed E-state index contributed by atoms with van der Waals surface area (Å²) in [6.07, 6.45) is 5.02. The van der Waals surface area contributed by atoms with Crippen LogP contribution >= 0.6 is 0 Å². The molecule has 0 heterocycles. The number of carbonyl (C=O) groups is 1. The van der Waals surface area contributed by atoms with Crippen LogP contribution in [0.25, 0.3) is 0 Å². The van der Waals surface area contributed by atoms with Gasteiger partial charge in [0.05, 0.1) is 0 Å². The monoisotopic (exact) mass is 261 g/mol. The van der Waals surface area contributed by atoms with Crippen LogP contribution < -0.4 is 5.32 Å². The quantitative estimate of drug-likeness (QED) is 0.741. The summed E-state index contributed by atoms with van der Waals surface area (Å²) in [5, 5.41) is 12.0. The maximum Gasteiger partial charge on any atom is 0.303 e. The second-order valence-corrected chi connectivity index (χ2v) is 5.61. The molecule has 0 fully saturated rings. The van der Waals surface area contributed by atoms with Gasteiger partial charge in [-0.05, 0) is 61.4 Å². The van der Waals surface area contributed by atoms with Crippen LogP contribution in [0.15, 0.2) is 18.2 Å². The molecule has 1 aromatic rings. The lowest BCUT2D eigenvalue weighted by molar-refractivity contribution is -0.137. The van der Waals surface area contributed by atoms with Crippen molar-refractivity contribution in [3.63, 3.8) is 0 Å². The lowest BCUT2D eigenvalue weighted by Crippen LogP contribution is -2.24. The third-order valence-electron chi connectivity index (χ3n) is 3.77. The minimum absolute atomic E-state index is 0.192. The molecule has 3 nitrogen and oxygen atoms in total. The molecule has 0 radical (unpaired) electrons. The number of benzene rings is 1. The zero-order valence-electron chi connectivity index (χ0n) is 11.6. The van der Waals surface area contributed by atoms with Crippen molar-refractivity contribution in [2.24, 2.45) is 5.92 Å². The standard InChI is InChI=1S/C16H23NO2/c1-12(9-16(18)19)11-17-8-7-13-5-6-14-3-2-4-15(14)10-13/h5-6,10,12,17H,2-4,7-9,11H2,1H3,(H,18,19). The second-order valence-electron chi connectivity index (χ2n) is 5.61. The summed E-state index contributed by atoms with van der Waals surface area (Å²) in [5.41, 5.74) is 4.43. The number of carboxylic acid groups (broad SMARTS) is 1. The van der Waals surface area contributed by atoms with E-state index in [1.807, 2.05) is 6.92 Å². The molecule has 2 rings (SSSR count). The van der Waals surface area contributed by atoms with Crippen molar-refractivity contribution < 1.29 is 9.90 Å². The number of nitrogens with one attached hydrogen (secondary N) is 1. The fourth-order valence-corrected chi connectivity index (χ4v) is 2.73. The van der Waals surface area contributed by atoms with Crippen LogP contribution in [0, 0.1) is 5.92 Å². The first-order chi connectivity index (χ1) is 9.15. The number of rotatable bonds is 7. The molecule has 0 bridgehead atoms. The summed E-state index contributed by atoms with van der Waals surface area (Å²) in [6.45, 7) is 3.66. The van der Waals surface area contributed by atoms with Gasteiger partial charge in [0.25, 0.3) is 0 Å². The fourth-order valence-electron chi connectivity index (χ4n) is 2.73. The zero-order chi connectivity index (χ0) is 13.7. The topological polar surface area (TPSA) is 49.3 Å². The van der Waals surface area contributed by atoms with Crippen molar-refractivity contribution in [3.8, 4) is 0 Å². The number of hydrogen-bond donors (Lipinski definition) is 2. The maximum atomic E-state index is 10.5. The molecule has 1 aromatic carbocycles. The third kappa shape index (κ3) is 4.35. The zero-order valence-corrected chi connectivity index (χ0v) is 11.6. The van der Waals surface area contributed by atoms with Gasteiger partial charge in [-0.1, -0.05) is 25.1 Å². The fraction of sp³-hybridized carbons (Fsp3) is 0.562. The van der Waals surface area contributed by atoms with Crippen molar-refractivity contribution in [2.45, 2.75) is 39.0 Å². The van der Waals surface area contributed by atoms with Crippen molar-refractivity contribution in [2.75, 3.05) is 13.1 Å². The van der Waals surface area contributed by atoms with Crippen molar-refractivity contribution in [1.29, 1.82) is 0 Å². The second kappa shape index (κ2) is 6.71. The molecule has 0 amide bonds. The van der Waals surface area contributed by atoms with E-state index in [4.69, 9.17) is 5.11 Å². The van der Waals surface area contributed by atoms with E-state index in [1.54, 1.807) is 0 Å². The van der Waals surface area contributed by atoms with E-state index in [1.165, 1.54) is 36.0 Å². The van der Waals surface area contributed by atoms with Crippen molar-refractivity contribution >= 4 is 5.97 Å². The van der Waals surface area contributed by atoms with E-state index < -0.39 is 5.97 Å². The minimum Gasteiger partial charge on any atom is -0.481 e. The van der Waals surface area contributed by atoms with E-state index in [2.05, 4.69) is 23.5 Å². The third-order valence-corrected chi connectivity index (χ3v) is 3.77. The van der Waals surface area contributed by atoms with Crippen LogP contribution in [-0.4, -0.2) is 24.2 Å². The number of aliphatic carboxylic acids is 1. The minimum atomic E-state index is -0.715. The van der Waals surface area contributed by atoms with Gasteiger partial charge in [-0.15, -0.1) is 0 Å². The van der Waals surface area contributed by atoms with E-state index >= 15 is 0 Å². The van der Waals surface area contributed by atoms with Crippen LogP contribution in [-0.2, 0) is 24.1 Å². The van der Waals surface area contributed by atoms with Gasteiger partial charge in [-0.2, -0.15) is 0 Å². The number of hydrogen-bond acceptors (Lipinski definition) is 2. The van der Waals surface area contributed by atoms with Crippen LogP contribution in [0.2, 0.25) is 0 Å². The van der Waals surface area contributed by atoms with Crippen molar-refractivity contribution in [1.82, 2.24) is 5.32 Å². The van der Waals surface area contributed by atoms with Gasteiger partial charge in [0, 0.05) is 6.42 Å². The highest BCUT2D eigenvalue weighted by Crippen LogP contribution is 2.22. The molecular weight excluding hydrogens is 238 g/mol. The molecule has 1 atom stereocenters. The summed E-state index contributed by atoms with van der Waals surface area (Å²) >= 11 is 0. The van der Waals surface area contributed by atoms with Gasteiger partial charge >= 0.3 is 5.97 Å². The molecule has 0 saturated heterocycles. The Hall–Kier alpha value is -1.35. The number of carboxylic acids is 1. The highest BCUT2D eigenvalue weighted by Gasteiger charge is 2.10. The number of aryl methyl sites for hydroxylation is 2. The molecule has 104 valence electrons. The number of fused-ring (bicyclic) bond motifs is 1. The van der Waals surface area contributed by atoms with Gasteiger partial charge in [0.1, 0.15) is 0 Å². The van der Waals surface area contributed by atoms with E-state index in [9.17, 15) is 4.79 Å². The summed E-state index contributed by atoms with van der Waals surface area (Å²) in [4.78, 5) is 10.5. The summed E-state index contributed by atoms with van der Waals surface area (Å²) in [7, 11) is 0. The molecule has 1 aliphatic rings. The van der Waals surface area contributed by atoms with Crippen LogP contribution in [0.4, 0.5) is 0 Å². The lowest BCUT2D eigenvalue weighted by Gasteiger charge is -2.10. The average Bonchev–Trinajstić information content (AvgIpc) is 2.81. The van der Waals surface area contributed by atoms with Crippen LogP contribution in [0.1, 0.15) is 36.5 Å². The van der Waals surface area contributed by atoms with Crippen molar-refractivity contribution in [3.05, 3.63) is 34.9 Å². The van der Waals surface area contributed by atoms with Crippen LogP contribution in [0.3, 0.4) is 0 Å². The van der Waals surface area contributed by atoms with E-state index in [0.717, 1.165) is 19.5 Å². The summed E-state index contributed by atoms with van der Waals surface area (Å²) in [5.74, 6) is -0.523. The molecule has 1 unspecified atom stereocenters. The Labute approximate surface area is 115 Å². The summed E-state index contributed by atoms with van der Waals surface area (Å²) in [6, 6.07) is 6.84. The predicted octanol–water partition coefficient (Wildman–Crippen LogP) is 2.42. The molecule has 0 saturated carbocycles. The molecule has 0 aromatic heterocycles. The molecule has 1 aliphatic carbocycles. The highest BCUT2D eigenvalue weighted by molar-refractivity contribution is 5.66. The smallest absolute Gasteiger partial charge is 0.303 e. The Morgan fingerprint density at radius 1 is 1.37 bits per heavy atom. The predicted molar refractivity (Wildman–Crippen MR) is 76.5 cm³/mol. The first kappa shape index (κ1) is 14.1. The molecule has 0 aliphatic heterocycles. The average molecular weight is 261 g/mol. The van der Waals surface area contributed by atoms with Gasteiger partial charge in [0.15, 0.2) is 0 Å². The Morgan fingerprint density at radius 2 is 2.16 bits per heavy atom. The highest BCUT2D eigenvalue weighted by atomic mass is 16.4. The lowest BCUT2D eigenvalue weighted by atomic mass is 10.0. The maximum absolute atomic E-state index is 10.5. The van der Waals surface area contributed by atoms with Gasteiger partial charge < -0.3 is 10.4 Å². The Kier molecular flexibility index (Phi) is 4.97. The first-order valence-electron chi connectivity index (χ1n) is 7.18. The van der Waals surface area contributed by atoms with Gasteiger partial charge in [-0.25, -0.2) is 0 Å². The first-order valence-corrected chi connectivity index (χ1v) is 7.18. The van der Waals surface area contributed by atoms with Gasteiger partial charge in [-0.3, -0.25) is 4.79 Å². The van der Waals surface area contributed by atoms with Crippen LogP contribution in [0.5, 0.6) is 0 Å². The Bertz CT molecular complexity index is 442. The summed E-state index contributed by atoms with van der Waals surface area (Å²) < 4.78 is 0. The molecule has 3 heteroatoms. The Morgan fingerprint density at radius 3 is 2.95 bits per heavy atom. The molecular formula is C16H23NO2. The SMILES string of the molecule is CC(CNCCc1ccc2c(c1)CCC2)CC(=O)O. The molecule has 0 spiro atoms. The largest absolute Gasteiger partial charge is 0.481 e. The molecule has 2 N–H and O–H groups in total.